The number of alkyl halides is 3. The van der Waals surface area contributed by atoms with Crippen molar-refractivity contribution in [1.29, 1.82) is 0 Å². The number of ether oxygens (including phenoxy) is 1. The molecular formula is C18H23F3N4O. The van der Waals surface area contributed by atoms with E-state index >= 15 is 0 Å². The summed E-state index contributed by atoms with van der Waals surface area (Å²) in [7, 11) is 0. The summed E-state index contributed by atoms with van der Waals surface area (Å²) in [5.74, 6) is 0.484. The quantitative estimate of drug-likeness (QED) is 0.772. The van der Waals surface area contributed by atoms with Gasteiger partial charge in [0, 0.05) is 23.9 Å². The Morgan fingerprint density at radius 3 is 2.46 bits per heavy atom. The van der Waals surface area contributed by atoms with E-state index in [1.54, 1.807) is 11.0 Å². The van der Waals surface area contributed by atoms with Crippen molar-refractivity contribution in [2.75, 3.05) is 17.2 Å². The molecule has 0 aliphatic rings. The standard InChI is InChI=1S/C18H23F3N4O/c1-4-8-15-14(5-2)16(22)24-17(23-15)25(6-3)12-9-7-10-13(11-12)26-18(19,20)21/h7,9-11H,4-6,8H2,1-3H3,(H2,22,23,24). The van der Waals surface area contributed by atoms with Gasteiger partial charge in [0.05, 0.1) is 5.69 Å². The molecule has 0 aliphatic heterocycles. The van der Waals surface area contributed by atoms with Crippen molar-refractivity contribution >= 4 is 17.5 Å². The van der Waals surface area contributed by atoms with Gasteiger partial charge in [-0.2, -0.15) is 4.98 Å². The van der Waals surface area contributed by atoms with E-state index in [9.17, 15) is 13.2 Å². The minimum Gasteiger partial charge on any atom is -0.406 e. The molecule has 1 aromatic carbocycles. The summed E-state index contributed by atoms with van der Waals surface area (Å²) in [5.41, 5.74) is 8.39. The highest BCUT2D eigenvalue weighted by Crippen LogP contribution is 2.30. The number of aromatic nitrogens is 2. The monoisotopic (exact) mass is 368 g/mol. The minimum atomic E-state index is -4.74. The minimum absolute atomic E-state index is 0.291. The van der Waals surface area contributed by atoms with Gasteiger partial charge in [-0.1, -0.05) is 26.3 Å². The lowest BCUT2D eigenvalue weighted by Crippen LogP contribution is -2.22. The molecule has 0 atom stereocenters. The van der Waals surface area contributed by atoms with Crippen LogP contribution in [0, 0.1) is 0 Å². The summed E-state index contributed by atoms with van der Waals surface area (Å²) in [4.78, 5) is 10.7. The van der Waals surface area contributed by atoms with Crippen molar-refractivity contribution in [2.45, 2.75) is 46.4 Å². The second kappa shape index (κ2) is 8.25. The van der Waals surface area contributed by atoms with Crippen LogP contribution in [0.3, 0.4) is 0 Å². The van der Waals surface area contributed by atoms with E-state index in [-0.39, 0.29) is 5.75 Å². The third-order valence-corrected chi connectivity index (χ3v) is 3.87. The molecule has 2 aromatic rings. The predicted molar refractivity (Wildman–Crippen MR) is 95.6 cm³/mol. The number of halogens is 3. The Hall–Kier alpha value is -2.51. The Morgan fingerprint density at radius 1 is 1.15 bits per heavy atom. The van der Waals surface area contributed by atoms with E-state index in [4.69, 9.17) is 5.73 Å². The first-order valence-corrected chi connectivity index (χ1v) is 8.57. The summed E-state index contributed by atoms with van der Waals surface area (Å²) in [5, 5.41) is 0. The van der Waals surface area contributed by atoms with Gasteiger partial charge in [-0.05, 0) is 31.9 Å². The molecule has 8 heteroatoms. The fourth-order valence-electron chi connectivity index (χ4n) is 2.77. The molecule has 26 heavy (non-hydrogen) atoms. The predicted octanol–water partition coefficient (Wildman–Crippen LogP) is 4.63. The molecule has 2 N–H and O–H groups in total. The smallest absolute Gasteiger partial charge is 0.406 e. The number of rotatable bonds is 7. The molecule has 0 amide bonds. The fourth-order valence-corrected chi connectivity index (χ4v) is 2.77. The molecule has 0 saturated heterocycles. The van der Waals surface area contributed by atoms with Crippen LogP contribution in [-0.4, -0.2) is 22.9 Å². The number of hydrogen-bond acceptors (Lipinski definition) is 5. The first kappa shape index (κ1) is 19.8. The molecule has 142 valence electrons. The van der Waals surface area contributed by atoms with Crippen LogP contribution < -0.4 is 15.4 Å². The van der Waals surface area contributed by atoms with E-state index in [0.717, 1.165) is 30.5 Å². The Labute approximate surface area is 151 Å². The van der Waals surface area contributed by atoms with Gasteiger partial charge in [-0.15, -0.1) is 13.2 Å². The number of hydrogen-bond donors (Lipinski definition) is 1. The van der Waals surface area contributed by atoms with Crippen molar-refractivity contribution in [1.82, 2.24) is 9.97 Å². The van der Waals surface area contributed by atoms with Crippen molar-refractivity contribution in [3.8, 4) is 5.75 Å². The number of nitrogens with zero attached hydrogens (tertiary/aromatic N) is 3. The van der Waals surface area contributed by atoms with Gasteiger partial charge in [-0.3, -0.25) is 0 Å². The largest absolute Gasteiger partial charge is 0.573 e. The van der Waals surface area contributed by atoms with E-state index < -0.39 is 6.36 Å². The van der Waals surface area contributed by atoms with E-state index in [1.807, 2.05) is 20.8 Å². The molecule has 1 heterocycles. The second-order valence-corrected chi connectivity index (χ2v) is 5.73. The molecule has 1 aromatic heterocycles. The van der Waals surface area contributed by atoms with Gasteiger partial charge in [0.25, 0.3) is 0 Å². The fraction of sp³-hybridized carbons (Fsp3) is 0.444. The van der Waals surface area contributed by atoms with Crippen molar-refractivity contribution < 1.29 is 17.9 Å². The highest BCUT2D eigenvalue weighted by atomic mass is 19.4. The van der Waals surface area contributed by atoms with Crippen LogP contribution in [0.15, 0.2) is 24.3 Å². The SMILES string of the molecule is CCCc1nc(N(CC)c2cccc(OC(F)(F)F)c2)nc(N)c1CC. The average Bonchev–Trinajstić information content (AvgIpc) is 2.54. The summed E-state index contributed by atoms with van der Waals surface area (Å²) >= 11 is 0. The maximum absolute atomic E-state index is 12.5. The van der Waals surface area contributed by atoms with Crippen LogP contribution in [0.4, 0.5) is 30.6 Å². The van der Waals surface area contributed by atoms with Crippen LogP contribution in [0.1, 0.15) is 38.4 Å². The van der Waals surface area contributed by atoms with Crippen molar-refractivity contribution in [3.05, 3.63) is 35.5 Å². The van der Waals surface area contributed by atoms with E-state index in [0.29, 0.717) is 24.0 Å². The van der Waals surface area contributed by atoms with Gasteiger partial charge in [0.2, 0.25) is 5.95 Å². The summed E-state index contributed by atoms with van der Waals surface area (Å²) in [6, 6.07) is 5.74. The lowest BCUT2D eigenvalue weighted by atomic mass is 10.1. The van der Waals surface area contributed by atoms with Gasteiger partial charge in [-0.25, -0.2) is 4.98 Å². The van der Waals surface area contributed by atoms with Crippen LogP contribution in [0.25, 0.3) is 0 Å². The third-order valence-electron chi connectivity index (χ3n) is 3.87. The molecule has 0 saturated carbocycles. The molecule has 0 radical (unpaired) electrons. The first-order chi connectivity index (χ1) is 12.3. The molecule has 0 aliphatic carbocycles. The molecule has 0 fully saturated rings. The van der Waals surface area contributed by atoms with Crippen molar-refractivity contribution in [2.24, 2.45) is 0 Å². The maximum Gasteiger partial charge on any atom is 0.573 e. The van der Waals surface area contributed by atoms with E-state index in [1.165, 1.54) is 18.2 Å². The Bertz CT molecular complexity index is 750. The Morgan fingerprint density at radius 2 is 1.88 bits per heavy atom. The van der Waals surface area contributed by atoms with E-state index in [2.05, 4.69) is 14.7 Å². The Kier molecular flexibility index (Phi) is 6.28. The third kappa shape index (κ3) is 4.77. The number of nitrogen functional groups attached to an aromatic ring is 1. The Balaban J connectivity index is 2.44. The molecular weight excluding hydrogens is 345 g/mol. The van der Waals surface area contributed by atoms with Gasteiger partial charge >= 0.3 is 6.36 Å². The van der Waals surface area contributed by atoms with Gasteiger partial charge in [0.1, 0.15) is 11.6 Å². The lowest BCUT2D eigenvalue weighted by molar-refractivity contribution is -0.274. The van der Waals surface area contributed by atoms with Crippen LogP contribution in [0.2, 0.25) is 0 Å². The summed E-state index contributed by atoms with van der Waals surface area (Å²) < 4.78 is 41.4. The highest BCUT2D eigenvalue weighted by Gasteiger charge is 2.31. The number of aryl methyl sites for hydroxylation is 1. The number of benzene rings is 1. The zero-order valence-corrected chi connectivity index (χ0v) is 15.1. The van der Waals surface area contributed by atoms with Gasteiger partial charge < -0.3 is 15.4 Å². The molecule has 0 bridgehead atoms. The van der Waals surface area contributed by atoms with Crippen LogP contribution in [0.5, 0.6) is 5.75 Å². The molecule has 5 nitrogen and oxygen atoms in total. The normalized spacial score (nSPS) is 11.5. The molecule has 0 spiro atoms. The average molecular weight is 368 g/mol. The number of nitrogens with two attached hydrogens (primary N) is 1. The summed E-state index contributed by atoms with van der Waals surface area (Å²) in [6.45, 7) is 6.37. The topological polar surface area (TPSA) is 64.3 Å². The zero-order chi connectivity index (χ0) is 19.3. The molecule has 2 rings (SSSR count). The van der Waals surface area contributed by atoms with Crippen LogP contribution in [-0.2, 0) is 12.8 Å². The van der Waals surface area contributed by atoms with Crippen LogP contribution >= 0.6 is 0 Å². The highest BCUT2D eigenvalue weighted by molar-refractivity contribution is 5.61. The lowest BCUT2D eigenvalue weighted by Gasteiger charge is -2.23. The summed E-state index contributed by atoms with van der Waals surface area (Å²) in [6.07, 6.45) is -2.35. The zero-order valence-electron chi connectivity index (χ0n) is 15.1. The molecule has 0 unspecified atom stereocenters. The maximum atomic E-state index is 12.5. The van der Waals surface area contributed by atoms with Gasteiger partial charge in [0.15, 0.2) is 0 Å². The van der Waals surface area contributed by atoms with Crippen molar-refractivity contribution in [3.63, 3.8) is 0 Å². The second-order valence-electron chi connectivity index (χ2n) is 5.73. The first-order valence-electron chi connectivity index (χ1n) is 8.57. The number of anilines is 3.